The standard InChI is InChI=1S/C19H22N4O4/c1-13-4-6-14(7-5-13)18-19(20)23(22-21-18)15-8-9-16(26-11-24-2)17(10-15)27-12-25-3/h4-10H,11-12,20H2,1-3H3. The Bertz CT molecular complexity index is 893. The molecule has 27 heavy (non-hydrogen) atoms. The maximum atomic E-state index is 6.30. The van der Waals surface area contributed by atoms with Gasteiger partial charge < -0.3 is 24.7 Å². The second kappa shape index (κ2) is 8.52. The Balaban J connectivity index is 1.94. The number of anilines is 1. The van der Waals surface area contributed by atoms with Gasteiger partial charge in [0.15, 0.2) is 30.9 Å². The van der Waals surface area contributed by atoms with E-state index in [2.05, 4.69) is 10.3 Å². The molecule has 0 radical (unpaired) electrons. The molecule has 3 aromatic rings. The number of benzene rings is 2. The molecule has 0 amide bonds. The summed E-state index contributed by atoms with van der Waals surface area (Å²) in [5.74, 6) is 1.44. The average Bonchev–Trinajstić information content (AvgIpc) is 3.07. The van der Waals surface area contributed by atoms with Gasteiger partial charge >= 0.3 is 0 Å². The molecule has 142 valence electrons. The van der Waals surface area contributed by atoms with E-state index in [0.717, 1.165) is 11.1 Å². The fourth-order valence-corrected chi connectivity index (χ4v) is 2.50. The van der Waals surface area contributed by atoms with E-state index in [1.807, 2.05) is 37.3 Å². The molecule has 2 aromatic carbocycles. The molecule has 0 aliphatic rings. The van der Waals surface area contributed by atoms with Crippen molar-refractivity contribution in [3.8, 4) is 28.4 Å². The fraction of sp³-hybridized carbons (Fsp3) is 0.263. The number of ether oxygens (including phenoxy) is 4. The lowest BCUT2D eigenvalue weighted by atomic mass is 10.1. The molecule has 3 rings (SSSR count). The highest BCUT2D eigenvalue weighted by atomic mass is 16.7. The monoisotopic (exact) mass is 370 g/mol. The van der Waals surface area contributed by atoms with Crippen molar-refractivity contribution in [2.75, 3.05) is 33.5 Å². The molecule has 0 spiro atoms. The van der Waals surface area contributed by atoms with Crippen LogP contribution in [0.5, 0.6) is 11.5 Å². The summed E-state index contributed by atoms with van der Waals surface area (Å²) in [6.45, 7) is 2.21. The van der Waals surface area contributed by atoms with Gasteiger partial charge in [-0.05, 0) is 19.1 Å². The lowest BCUT2D eigenvalue weighted by molar-refractivity contribution is 0.0322. The van der Waals surface area contributed by atoms with Crippen LogP contribution in [0.25, 0.3) is 16.9 Å². The molecule has 8 heteroatoms. The first-order valence-corrected chi connectivity index (χ1v) is 8.30. The predicted octanol–water partition coefficient (Wildman–Crippen LogP) is 2.79. The highest BCUT2D eigenvalue weighted by molar-refractivity contribution is 5.71. The Labute approximate surface area is 157 Å². The van der Waals surface area contributed by atoms with Crippen LogP contribution in [0.1, 0.15) is 5.56 Å². The SMILES string of the molecule is COCOc1ccc(-n2nnc(-c3ccc(C)cc3)c2N)cc1OCOC. The van der Waals surface area contributed by atoms with Crippen LogP contribution in [0.15, 0.2) is 42.5 Å². The Kier molecular flexibility index (Phi) is 5.90. The molecule has 0 saturated carbocycles. The van der Waals surface area contributed by atoms with Gasteiger partial charge in [0, 0.05) is 25.8 Å². The normalized spacial score (nSPS) is 10.8. The number of hydrogen-bond donors (Lipinski definition) is 1. The van der Waals surface area contributed by atoms with Gasteiger partial charge in [0.05, 0.1) is 5.69 Å². The van der Waals surface area contributed by atoms with Crippen LogP contribution < -0.4 is 15.2 Å². The first kappa shape index (κ1) is 18.7. The van der Waals surface area contributed by atoms with E-state index in [4.69, 9.17) is 24.7 Å². The summed E-state index contributed by atoms with van der Waals surface area (Å²) in [5.41, 5.74) is 9.67. The number of nitrogens with zero attached hydrogens (tertiary/aromatic N) is 3. The minimum absolute atomic E-state index is 0.0776. The summed E-state index contributed by atoms with van der Waals surface area (Å²) >= 11 is 0. The van der Waals surface area contributed by atoms with E-state index in [0.29, 0.717) is 28.7 Å². The van der Waals surface area contributed by atoms with E-state index >= 15 is 0 Å². The van der Waals surface area contributed by atoms with Gasteiger partial charge in [0.1, 0.15) is 5.69 Å². The van der Waals surface area contributed by atoms with Gasteiger partial charge in [-0.3, -0.25) is 0 Å². The molecule has 0 unspecified atom stereocenters. The molecule has 0 bridgehead atoms. The van der Waals surface area contributed by atoms with Crippen molar-refractivity contribution in [2.24, 2.45) is 0 Å². The van der Waals surface area contributed by atoms with Crippen LogP contribution in [0.4, 0.5) is 5.82 Å². The van der Waals surface area contributed by atoms with E-state index in [-0.39, 0.29) is 13.6 Å². The van der Waals surface area contributed by atoms with E-state index in [9.17, 15) is 0 Å². The van der Waals surface area contributed by atoms with Gasteiger partial charge in [-0.2, -0.15) is 4.68 Å². The molecular weight excluding hydrogens is 348 g/mol. The highest BCUT2D eigenvalue weighted by Gasteiger charge is 2.15. The topological polar surface area (TPSA) is 93.7 Å². The van der Waals surface area contributed by atoms with Crippen molar-refractivity contribution in [3.63, 3.8) is 0 Å². The first-order chi connectivity index (χ1) is 13.1. The van der Waals surface area contributed by atoms with Crippen LogP contribution in [-0.4, -0.2) is 42.8 Å². The minimum Gasteiger partial charge on any atom is -0.464 e. The van der Waals surface area contributed by atoms with Gasteiger partial charge in [0.25, 0.3) is 0 Å². The third-order valence-corrected chi connectivity index (χ3v) is 3.87. The smallest absolute Gasteiger partial charge is 0.188 e. The molecule has 8 nitrogen and oxygen atoms in total. The number of aryl methyl sites for hydroxylation is 1. The molecule has 0 aliphatic carbocycles. The molecule has 1 aromatic heterocycles. The molecule has 1 heterocycles. The molecule has 0 atom stereocenters. The lowest BCUT2D eigenvalue weighted by Gasteiger charge is -2.13. The number of methoxy groups -OCH3 is 2. The zero-order valence-corrected chi connectivity index (χ0v) is 15.5. The number of nitrogen functional groups attached to an aromatic ring is 1. The van der Waals surface area contributed by atoms with E-state index < -0.39 is 0 Å². The summed E-state index contributed by atoms with van der Waals surface area (Å²) in [5, 5.41) is 8.41. The maximum Gasteiger partial charge on any atom is 0.188 e. The van der Waals surface area contributed by atoms with Gasteiger partial charge in [-0.1, -0.05) is 35.0 Å². The molecule has 0 fully saturated rings. The quantitative estimate of drug-likeness (QED) is 0.609. The summed E-state index contributed by atoms with van der Waals surface area (Å²) in [6, 6.07) is 13.3. The number of aromatic nitrogens is 3. The predicted molar refractivity (Wildman–Crippen MR) is 101 cm³/mol. The zero-order chi connectivity index (χ0) is 19.2. The van der Waals surface area contributed by atoms with Crippen LogP contribution >= 0.6 is 0 Å². The van der Waals surface area contributed by atoms with Crippen LogP contribution in [0, 0.1) is 6.92 Å². The molecule has 2 N–H and O–H groups in total. The van der Waals surface area contributed by atoms with E-state index in [1.54, 1.807) is 31.0 Å². The molecular formula is C19H22N4O4. The highest BCUT2D eigenvalue weighted by Crippen LogP contribution is 2.32. The Morgan fingerprint density at radius 2 is 1.59 bits per heavy atom. The third-order valence-electron chi connectivity index (χ3n) is 3.87. The molecule has 0 saturated heterocycles. The van der Waals surface area contributed by atoms with Gasteiger partial charge in [-0.15, -0.1) is 5.10 Å². The van der Waals surface area contributed by atoms with Crippen molar-refractivity contribution in [2.45, 2.75) is 6.92 Å². The van der Waals surface area contributed by atoms with Gasteiger partial charge in [-0.25, -0.2) is 0 Å². The third kappa shape index (κ3) is 4.18. The van der Waals surface area contributed by atoms with Gasteiger partial charge in [0.2, 0.25) is 0 Å². The average molecular weight is 370 g/mol. The van der Waals surface area contributed by atoms with Crippen molar-refractivity contribution < 1.29 is 18.9 Å². The summed E-state index contributed by atoms with van der Waals surface area (Å²) in [6.07, 6.45) is 0. The number of nitrogens with two attached hydrogens (primary N) is 1. The molecule has 0 aliphatic heterocycles. The second-order valence-electron chi connectivity index (χ2n) is 5.83. The maximum absolute atomic E-state index is 6.30. The van der Waals surface area contributed by atoms with Crippen molar-refractivity contribution in [3.05, 3.63) is 48.0 Å². The van der Waals surface area contributed by atoms with E-state index in [1.165, 1.54) is 0 Å². The lowest BCUT2D eigenvalue weighted by Crippen LogP contribution is -2.07. The first-order valence-electron chi connectivity index (χ1n) is 8.30. The van der Waals surface area contributed by atoms with Crippen molar-refractivity contribution in [1.82, 2.24) is 15.0 Å². The Morgan fingerprint density at radius 1 is 0.926 bits per heavy atom. The van der Waals surface area contributed by atoms with Crippen LogP contribution in [0.3, 0.4) is 0 Å². The number of rotatable bonds is 8. The summed E-state index contributed by atoms with van der Waals surface area (Å²) in [4.78, 5) is 0. The van der Waals surface area contributed by atoms with Crippen molar-refractivity contribution >= 4 is 5.82 Å². The zero-order valence-electron chi connectivity index (χ0n) is 15.5. The largest absolute Gasteiger partial charge is 0.464 e. The summed E-state index contributed by atoms with van der Waals surface area (Å²) in [7, 11) is 3.09. The van der Waals surface area contributed by atoms with Crippen LogP contribution in [0.2, 0.25) is 0 Å². The van der Waals surface area contributed by atoms with Crippen molar-refractivity contribution in [1.29, 1.82) is 0 Å². The minimum atomic E-state index is 0.0776. The Hall–Kier alpha value is -3.10. The number of hydrogen-bond acceptors (Lipinski definition) is 7. The Morgan fingerprint density at radius 3 is 2.26 bits per heavy atom. The van der Waals surface area contributed by atoms with Crippen LogP contribution in [-0.2, 0) is 9.47 Å². The fourth-order valence-electron chi connectivity index (χ4n) is 2.50. The second-order valence-corrected chi connectivity index (χ2v) is 5.83. The summed E-state index contributed by atoms with van der Waals surface area (Å²) < 4.78 is 22.6.